The Kier molecular flexibility index (Phi) is 4.02. The molecule has 0 spiro atoms. The van der Waals surface area contributed by atoms with Gasteiger partial charge in [-0.05, 0) is 31.2 Å². The van der Waals surface area contributed by atoms with E-state index in [9.17, 15) is 4.79 Å². The number of rotatable bonds is 4. The molecule has 0 fully saturated rings. The van der Waals surface area contributed by atoms with Gasteiger partial charge in [0, 0.05) is 23.6 Å². The van der Waals surface area contributed by atoms with Crippen molar-refractivity contribution in [3.05, 3.63) is 83.8 Å². The molecule has 1 N–H and O–H groups in total. The summed E-state index contributed by atoms with van der Waals surface area (Å²) in [5, 5.41) is 3.12. The summed E-state index contributed by atoms with van der Waals surface area (Å²) in [7, 11) is 0. The van der Waals surface area contributed by atoms with Crippen molar-refractivity contribution in [1.82, 2.24) is 5.32 Å². The van der Waals surface area contributed by atoms with E-state index in [1.807, 2.05) is 67.6 Å². The first kappa shape index (κ1) is 15.5. The van der Waals surface area contributed by atoms with Gasteiger partial charge in [0.1, 0.15) is 17.3 Å². The molecule has 1 amide bonds. The van der Waals surface area contributed by atoms with Gasteiger partial charge in [0.2, 0.25) is 5.91 Å². The van der Waals surface area contributed by atoms with Crippen LogP contribution in [0, 0.1) is 0 Å². The molecule has 4 rings (SSSR count). The standard InChI is InChI=1S/C21H19NO3/c1-14(13-15-7-6-12-24-15)22-21(23)20-16-8-2-4-10-18(16)25-19-11-5-3-9-17(19)20/h2-12,14,20H,13H2,1H3,(H,22,23)/t14-/m1/s1. The second kappa shape index (κ2) is 6.48. The maximum atomic E-state index is 13.1. The SMILES string of the molecule is C[C@H](Cc1ccco1)NC(=O)C1c2ccccc2Oc2ccccc21. The molecule has 1 aliphatic heterocycles. The van der Waals surface area contributed by atoms with E-state index in [4.69, 9.17) is 9.15 Å². The van der Waals surface area contributed by atoms with Gasteiger partial charge < -0.3 is 14.5 Å². The van der Waals surface area contributed by atoms with Crippen LogP contribution in [-0.4, -0.2) is 11.9 Å². The Morgan fingerprint density at radius 1 is 1.00 bits per heavy atom. The van der Waals surface area contributed by atoms with Crippen LogP contribution >= 0.6 is 0 Å². The highest BCUT2D eigenvalue weighted by Gasteiger charge is 2.32. The lowest BCUT2D eigenvalue weighted by atomic mass is 9.87. The predicted octanol–water partition coefficient (Wildman–Crippen LogP) is 4.26. The van der Waals surface area contributed by atoms with Gasteiger partial charge in [-0.1, -0.05) is 36.4 Å². The Labute approximate surface area is 146 Å². The van der Waals surface area contributed by atoms with Crippen LogP contribution in [0.1, 0.15) is 29.7 Å². The van der Waals surface area contributed by atoms with Crippen molar-refractivity contribution in [2.24, 2.45) is 0 Å². The molecular weight excluding hydrogens is 314 g/mol. The van der Waals surface area contributed by atoms with Crippen LogP contribution in [0.15, 0.2) is 71.3 Å². The van der Waals surface area contributed by atoms with Crippen LogP contribution in [0.4, 0.5) is 0 Å². The Balaban J connectivity index is 1.61. The monoisotopic (exact) mass is 333 g/mol. The number of amides is 1. The van der Waals surface area contributed by atoms with E-state index >= 15 is 0 Å². The molecule has 3 aromatic rings. The number of hydrogen-bond acceptors (Lipinski definition) is 3. The van der Waals surface area contributed by atoms with E-state index in [-0.39, 0.29) is 17.9 Å². The number of para-hydroxylation sites is 2. The average Bonchev–Trinajstić information content (AvgIpc) is 3.12. The molecule has 0 saturated heterocycles. The highest BCUT2D eigenvalue weighted by molar-refractivity contribution is 5.89. The van der Waals surface area contributed by atoms with Crippen LogP contribution < -0.4 is 10.1 Å². The minimum Gasteiger partial charge on any atom is -0.469 e. The van der Waals surface area contributed by atoms with Crippen LogP contribution in [0.2, 0.25) is 0 Å². The lowest BCUT2D eigenvalue weighted by Gasteiger charge is -2.28. The van der Waals surface area contributed by atoms with Gasteiger partial charge in [-0.15, -0.1) is 0 Å². The van der Waals surface area contributed by atoms with E-state index in [1.54, 1.807) is 6.26 Å². The number of ether oxygens (including phenoxy) is 1. The number of benzene rings is 2. The van der Waals surface area contributed by atoms with Gasteiger partial charge >= 0.3 is 0 Å². The summed E-state index contributed by atoms with van der Waals surface area (Å²) in [6, 6.07) is 19.2. The Morgan fingerprint density at radius 3 is 2.24 bits per heavy atom. The van der Waals surface area contributed by atoms with E-state index in [1.165, 1.54) is 0 Å². The smallest absolute Gasteiger partial charge is 0.232 e. The van der Waals surface area contributed by atoms with Crippen molar-refractivity contribution in [1.29, 1.82) is 0 Å². The van der Waals surface area contributed by atoms with Gasteiger partial charge in [-0.3, -0.25) is 4.79 Å². The van der Waals surface area contributed by atoms with Gasteiger partial charge in [0.15, 0.2) is 0 Å². The van der Waals surface area contributed by atoms with Gasteiger partial charge in [-0.2, -0.15) is 0 Å². The van der Waals surface area contributed by atoms with Crippen LogP contribution in [-0.2, 0) is 11.2 Å². The topological polar surface area (TPSA) is 51.5 Å². The minimum absolute atomic E-state index is 0.0257. The summed E-state index contributed by atoms with van der Waals surface area (Å²) >= 11 is 0. The molecule has 1 atom stereocenters. The third kappa shape index (κ3) is 3.03. The summed E-state index contributed by atoms with van der Waals surface area (Å²) in [4.78, 5) is 13.1. The van der Waals surface area contributed by atoms with Crippen molar-refractivity contribution >= 4 is 5.91 Å². The largest absolute Gasteiger partial charge is 0.469 e. The van der Waals surface area contributed by atoms with Gasteiger partial charge in [-0.25, -0.2) is 0 Å². The summed E-state index contributed by atoms with van der Waals surface area (Å²) in [6.07, 6.45) is 2.31. The summed E-state index contributed by atoms with van der Waals surface area (Å²) < 4.78 is 11.3. The first-order valence-corrected chi connectivity index (χ1v) is 8.41. The summed E-state index contributed by atoms with van der Waals surface area (Å²) in [5.74, 6) is 1.93. The average molecular weight is 333 g/mol. The molecule has 25 heavy (non-hydrogen) atoms. The lowest BCUT2D eigenvalue weighted by molar-refractivity contribution is -0.122. The van der Waals surface area contributed by atoms with Crippen LogP contribution in [0.3, 0.4) is 0 Å². The lowest BCUT2D eigenvalue weighted by Crippen LogP contribution is -2.38. The molecule has 0 unspecified atom stereocenters. The third-order valence-electron chi connectivity index (χ3n) is 4.42. The van der Waals surface area contributed by atoms with Gasteiger partial charge in [0.25, 0.3) is 0 Å². The highest BCUT2D eigenvalue weighted by Crippen LogP contribution is 2.43. The van der Waals surface area contributed by atoms with E-state index in [0.717, 1.165) is 28.4 Å². The first-order valence-electron chi connectivity index (χ1n) is 8.41. The van der Waals surface area contributed by atoms with Crippen molar-refractivity contribution in [2.75, 3.05) is 0 Å². The van der Waals surface area contributed by atoms with Gasteiger partial charge in [0.05, 0.1) is 12.2 Å². The molecule has 1 aromatic heterocycles. The van der Waals surface area contributed by atoms with Crippen molar-refractivity contribution < 1.29 is 13.9 Å². The van der Waals surface area contributed by atoms with Crippen molar-refractivity contribution in [3.8, 4) is 11.5 Å². The Hall–Kier alpha value is -3.01. The maximum absolute atomic E-state index is 13.1. The number of fused-ring (bicyclic) bond motifs is 2. The third-order valence-corrected chi connectivity index (χ3v) is 4.42. The summed E-state index contributed by atoms with van der Waals surface area (Å²) in [5.41, 5.74) is 1.78. The number of hydrogen-bond donors (Lipinski definition) is 1. The normalized spacial score (nSPS) is 14.1. The maximum Gasteiger partial charge on any atom is 0.232 e. The van der Waals surface area contributed by atoms with Crippen molar-refractivity contribution in [2.45, 2.75) is 25.3 Å². The van der Waals surface area contributed by atoms with Crippen LogP contribution in [0.25, 0.3) is 0 Å². The van der Waals surface area contributed by atoms with Crippen LogP contribution in [0.5, 0.6) is 11.5 Å². The fourth-order valence-corrected chi connectivity index (χ4v) is 3.30. The minimum atomic E-state index is -0.375. The molecule has 0 bridgehead atoms. The second-order valence-corrected chi connectivity index (χ2v) is 6.30. The molecule has 2 heterocycles. The second-order valence-electron chi connectivity index (χ2n) is 6.30. The molecule has 2 aromatic carbocycles. The Morgan fingerprint density at radius 2 is 1.64 bits per heavy atom. The highest BCUT2D eigenvalue weighted by atomic mass is 16.5. The fourth-order valence-electron chi connectivity index (χ4n) is 3.30. The summed E-state index contributed by atoms with van der Waals surface area (Å²) in [6.45, 7) is 1.98. The number of furan rings is 1. The van der Waals surface area contributed by atoms with E-state index < -0.39 is 0 Å². The number of carbonyl (C=O) groups excluding carboxylic acids is 1. The molecule has 0 saturated carbocycles. The number of nitrogens with one attached hydrogen (secondary N) is 1. The van der Waals surface area contributed by atoms with Crippen molar-refractivity contribution in [3.63, 3.8) is 0 Å². The zero-order valence-electron chi connectivity index (χ0n) is 13.9. The molecule has 0 radical (unpaired) electrons. The predicted molar refractivity (Wildman–Crippen MR) is 94.8 cm³/mol. The zero-order valence-corrected chi connectivity index (χ0v) is 13.9. The van der Waals surface area contributed by atoms with E-state index in [0.29, 0.717) is 6.42 Å². The quantitative estimate of drug-likeness (QED) is 0.776. The zero-order chi connectivity index (χ0) is 17.2. The number of carbonyl (C=O) groups is 1. The molecule has 0 aliphatic carbocycles. The molecule has 4 heteroatoms. The molecule has 1 aliphatic rings. The Bertz CT molecular complexity index is 840. The fraction of sp³-hybridized carbons (Fsp3) is 0.190. The molecule has 126 valence electrons. The molecule has 4 nitrogen and oxygen atoms in total. The molecular formula is C21H19NO3. The van der Waals surface area contributed by atoms with E-state index in [2.05, 4.69) is 5.32 Å². The first-order chi connectivity index (χ1) is 12.2.